The summed E-state index contributed by atoms with van der Waals surface area (Å²) in [5.41, 5.74) is 0.936. The second-order valence-corrected chi connectivity index (χ2v) is 15.1. The van der Waals surface area contributed by atoms with Crippen molar-refractivity contribution in [3.63, 3.8) is 0 Å². The highest BCUT2D eigenvalue weighted by Crippen LogP contribution is 2.77. The van der Waals surface area contributed by atoms with Gasteiger partial charge in [0.05, 0.1) is 7.11 Å². The third-order valence-electron chi connectivity index (χ3n) is 11.1. The highest BCUT2D eigenvalue weighted by molar-refractivity contribution is 6.03. The van der Waals surface area contributed by atoms with Gasteiger partial charge in [0.2, 0.25) is 11.8 Å². The van der Waals surface area contributed by atoms with Crippen molar-refractivity contribution in [1.82, 2.24) is 15.2 Å². The number of aryl methyl sites for hydroxylation is 1. The first-order valence-electron chi connectivity index (χ1n) is 16.5. The number of anilines is 1. The second kappa shape index (κ2) is 12.1. The number of furan rings is 1. The summed E-state index contributed by atoms with van der Waals surface area (Å²) < 4.78 is 11.7. The van der Waals surface area contributed by atoms with Crippen molar-refractivity contribution in [2.75, 3.05) is 12.4 Å². The Morgan fingerprint density at radius 3 is 2.38 bits per heavy atom. The van der Waals surface area contributed by atoms with Crippen molar-refractivity contribution in [2.24, 2.45) is 16.2 Å². The first-order valence-corrected chi connectivity index (χ1v) is 16.5. The lowest BCUT2D eigenvalue weighted by Crippen LogP contribution is -2.54. The van der Waals surface area contributed by atoms with E-state index in [1.165, 1.54) is 42.9 Å². The van der Waals surface area contributed by atoms with Crippen LogP contribution in [0.2, 0.25) is 0 Å². The molecule has 254 valence electrons. The predicted octanol–water partition coefficient (Wildman–Crippen LogP) is 5.01. The topological polar surface area (TPSA) is 149 Å². The lowest BCUT2D eigenvalue weighted by atomic mass is 9.64. The van der Waals surface area contributed by atoms with Gasteiger partial charge in [-0.05, 0) is 86.3 Å². The predicted molar refractivity (Wildman–Crippen MR) is 180 cm³/mol. The molecular formula is C37H44N4O7. The summed E-state index contributed by atoms with van der Waals surface area (Å²) >= 11 is 0. The van der Waals surface area contributed by atoms with Crippen molar-refractivity contribution in [3.05, 3.63) is 76.4 Å². The maximum Gasteiger partial charge on any atom is 0.330 e. The molecule has 2 unspecified atom stereocenters. The number of aromatic nitrogens is 1. The van der Waals surface area contributed by atoms with E-state index in [9.17, 15) is 24.0 Å². The fourth-order valence-electron chi connectivity index (χ4n) is 9.54. The van der Waals surface area contributed by atoms with Crippen LogP contribution in [0.3, 0.4) is 0 Å². The van der Waals surface area contributed by atoms with Crippen molar-refractivity contribution in [1.29, 1.82) is 0 Å². The van der Waals surface area contributed by atoms with Crippen molar-refractivity contribution >= 4 is 40.3 Å². The Kier molecular flexibility index (Phi) is 8.37. The van der Waals surface area contributed by atoms with Crippen LogP contribution in [0.15, 0.2) is 64.0 Å². The monoisotopic (exact) mass is 656 g/mol. The zero-order chi connectivity index (χ0) is 34.5. The maximum atomic E-state index is 13.6. The van der Waals surface area contributed by atoms with Crippen LogP contribution in [0.4, 0.5) is 5.69 Å². The summed E-state index contributed by atoms with van der Waals surface area (Å²) in [6.07, 6.45) is 9.86. The molecule has 3 aromatic rings. The number of rotatable bonds is 11. The number of allylic oxidation sites excluding steroid dienone is 1. The Morgan fingerprint density at radius 2 is 1.71 bits per heavy atom. The molecule has 3 N–H and O–H groups in total. The average Bonchev–Trinajstić information content (AvgIpc) is 3.48. The molecule has 0 radical (unpaired) electrons. The normalized spacial score (nSPS) is 27.7. The van der Waals surface area contributed by atoms with E-state index in [0.29, 0.717) is 11.1 Å². The van der Waals surface area contributed by atoms with Gasteiger partial charge in [-0.1, -0.05) is 45.0 Å². The fraction of sp³-hybridized carbons (Fsp3) is 0.486. The molecule has 4 saturated carbocycles. The lowest BCUT2D eigenvalue weighted by Gasteiger charge is -2.46. The Hall–Kier alpha value is -4.67. The van der Waals surface area contributed by atoms with Crippen LogP contribution in [-0.4, -0.2) is 46.9 Å². The largest absolute Gasteiger partial charge is 0.466 e. The van der Waals surface area contributed by atoms with E-state index < -0.39 is 29.4 Å². The number of hydrogen-bond acceptors (Lipinski definition) is 7. The Morgan fingerprint density at radius 1 is 1.00 bits per heavy atom. The van der Waals surface area contributed by atoms with Crippen LogP contribution in [-0.2, 0) is 25.7 Å². The first-order chi connectivity index (χ1) is 22.7. The fourth-order valence-corrected chi connectivity index (χ4v) is 9.54. The Bertz CT molecular complexity index is 1870. The lowest BCUT2D eigenvalue weighted by molar-refractivity contribution is -0.134. The quantitative estimate of drug-likeness (QED) is 0.194. The molecule has 1 aromatic carbocycles. The van der Waals surface area contributed by atoms with Gasteiger partial charge in [-0.3, -0.25) is 19.2 Å². The van der Waals surface area contributed by atoms with Gasteiger partial charge in [0, 0.05) is 28.8 Å². The van der Waals surface area contributed by atoms with Gasteiger partial charge in [-0.2, -0.15) is 0 Å². The van der Waals surface area contributed by atoms with Crippen molar-refractivity contribution in [3.8, 4) is 0 Å². The van der Waals surface area contributed by atoms with Crippen LogP contribution in [0.25, 0.3) is 11.0 Å². The zero-order valence-electron chi connectivity index (χ0n) is 28.2. The minimum atomic E-state index is -1.08. The van der Waals surface area contributed by atoms with E-state index in [4.69, 9.17) is 4.42 Å². The van der Waals surface area contributed by atoms with E-state index in [2.05, 4.69) is 41.5 Å². The van der Waals surface area contributed by atoms with Gasteiger partial charge < -0.3 is 29.7 Å². The van der Waals surface area contributed by atoms with Gasteiger partial charge in [-0.25, -0.2) is 4.79 Å². The van der Waals surface area contributed by atoms with E-state index in [-0.39, 0.29) is 58.5 Å². The number of nitrogens with zero attached hydrogens (tertiary/aromatic N) is 1. The highest BCUT2D eigenvalue weighted by Gasteiger charge is 2.71. The van der Waals surface area contributed by atoms with Gasteiger partial charge in [0.1, 0.15) is 23.9 Å². The molecule has 2 aromatic heterocycles. The van der Waals surface area contributed by atoms with E-state index in [1.807, 2.05) is 12.1 Å². The molecule has 48 heavy (non-hydrogen) atoms. The summed E-state index contributed by atoms with van der Waals surface area (Å²) in [7, 11) is 1.26. The average molecular weight is 657 g/mol. The molecule has 0 saturated heterocycles. The number of ether oxygens (including phenoxy) is 1. The van der Waals surface area contributed by atoms with Crippen LogP contribution < -0.4 is 21.5 Å². The van der Waals surface area contributed by atoms with Crippen molar-refractivity contribution < 1.29 is 28.3 Å². The number of carbonyl (C=O) groups excluding carboxylic acids is 4. The zero-order valence-corrected chi connectivity index (χ0v) is 28.2. The van der Waals surface area contributed by atoms with Crippen molar-refractivity contribution in [2.45, 2.75) is 90.8 Å². The third kappa shape index (κ3) is 6.06. The second-order valence-electron chi connectivity index (χ2n) is 15.1. The minimum Gasteiger partial charge on any atom is -0.466 e. The van der Waals surface area contributed by atoms with Crippen LogP contribution in [0.5, 0.6) is 0 Å². The van der Waals surface area contributed by atoms with E-state index in [1.54, 1.807) is 31.2 Å². The number of amides is 3. The summed E-state index contributed by atoms with van der Waals surface area (Å²) in [6, 6.07) is 9.22. The summed E-state index contributed by atoms with van der Waals surface area (Å²) in [5.74, 6) is -1.92. The molecule has 4 fully saturated rings. The first kappa shape index (κ1) is 33.2. The molecule has 0 spiro atoms. The molecule has 3 atom stereocenters. The maximum absolute atomic E-state index is 13.6. The highest BCUT2D eigenvalue weighted by atomic mass is 16.5. The molecule has 2 heterocycles. The molecule has 11 heteroatoms. The minimum absolute atomic E-state index is 0.0230. The van der Waals surface area contributed by atoms with E-state index in [0.717, 1.165) is 24.6 Å². The Labute approximate surface area is 279 Å². The molecule has 7 rings (SSSR count). The molecule has 4 aliphatic rings. The number of methoxy groups -OCH3 is 1. The smallest absolute Gasteiger partial charge is 0.330 e. The SMILES string of the molecule is COC(=O)/C=C/CC[C@H](NC(=O)c1oc2ccccc2c1C)C(=O)Nc1cccn(CC(=O)NC23CC4(C)CC(C)(C2)C(C)(C4)C3)c1=O. The molecule has 11 nitrogen and oxygen atoms in total. The number of para-hydroxylation sites is 1. The number of pyridine rings is 1. The van der Waals surface area contributed by atoms with Gasteiger partial charge >= 0.3 is 5.97 Å². The van der Waals surface area contributed by atoms with Crippen LogP contribution in [0.1, 0.15) is 81.8 Å². The third-order valence-corrected chi connectivity index (χ3v) is 11.1. The number of nitrogens with one attached hydrogen (secondary N) is 3. The van der Waals surface area contributed by atoms with Gasteiger partial charge in [0.25, 0.3) is 11.5 Å². The number of fused-ring (bicyclic) bond motifs is 1. The summed E-state index contributed by atoms with van der Waals surface area (Å²) in [4.78, 5) is 65.3. The summed E-state index contributed by atoms with van der Waals surface area (Å²) in [5, 5.41) is 9.49. The number of hydrogen-bond donors (Lipinski definition) is 3. The van der Waals surface area contributed by atoms with E-state index >= 15 is 0 Å². The van der Waals surface area contributed by atoms with Crippen LogP contribution >= 0.6 is 0 Å². The number of benzene rings is 1. The molecule has 4 aliphatic carbocycles. The number of carbonyl (C=O) groups is 4. The van der Waals surface area contributed by atoms with Gasteiger partial charge in [-0.15, -0.1) is 0 Å². The number of esters is 1. The summed E-state index contributed by atoms with van der Waals surface area (Å²) in [6.45, 7) is 8.61. The Balaban J connectivity index is 1.16. The molecular weight excluding hydrogens is 612 g/mol. The standard InChI is InChI=1S/C37H44N4O7/c1-23-24-11-6-8-14-27(24)48-30(23)32(45)38-25(12-7-9-15-29(43)47-5)31(44)39-26-13-10-16-41(33(26)46)17-28(42)40-37-20-34(2)18-35(3,21-37)36(4,19-34)22-37/h6,8-11,13-16,25H,7,12,17-22H2,1-5H3,(H,38,45)(H,39,44)(H,40,42)/b15-9+/t25-,34?,35?,36?,37?/m0/s1. The molecule has 3 amide bonds. The van der Waals surface area contributed by atoms with Gasteiger partial charge in [0.15, 0.2) is 5.76 Å². The molecule has 0 aliphatic heterocycles. The van der Waals surface area contributed by atoms with Crippen LogP contribution in [0, 0.1) is 23.2 Å². The molecule has 4 bridgehead atoms.